The van der Waals surface area contributed by atoms with Crippen LogP contribution in [0.25, 0.3) is 0 Å². The summed E-state index contributed by atoms with van der Waals surface area (Å²) in [7, 11) is 1.58. The first kappa shape index (κ1) is 14.2. The molecule has 1 aromatic rings. The van der Waals surface area contributed by atoms with Gasteiger partial charge in [-0.25, -0.2) is 4.39 Å². The molecule has 3 N–H and O–H groups in total. The number of hydrogen-bond acceptors (Lipinski definition) is 5. The fourth-order valence-corrected chi connectivity index (χ4v) is 2.05. The number of carbonyl (C=O) groups excluding carboxylic acids is 1. The van der Waals surface area contributed by atoms with Crippen molar-refractivity contribution in [3.63, 3.8) is 0 Å². The van der Waals surface area contributed by atoms with Crippen molar-refractivity contribution in [1.82, 2.24) is 5.32 Å². The van der Waals surface area contributed by atoms with Gasteiger partial charge in [-0.15, -0.1) is 0 Å². The molecule has 0 spiro atoms. The van der Waals surface area contributed by atoms with Crippen LogP contribution in [-0.4, -0.2) is 30.1 Å². The SMILES string of the molecule is COC1CC(NC(=O)c2cc(N)c(F)cc2[N+](=O)[O-])C1. The van der Waals surface area contributed by atoms with Crippen molar-refractivity contribution < 1.29 is 18.8 Å². The molecule has 108 valence electrons. The first-order valence-corrected chi connectivity index (χ1v) is 5.99. The largest absolute Gasteiger partial charge is 0.396 e. The molecule has 0 aliphatic heterocycles. The number of methoxy groups -OCH3 is 1. The number of carbonyl (C=O) groups is 1. The lowest BCUT2D eigenvalue weighted by Crippen LogP contribution is -2.47. The fraction of sp³-hybridized carbons (Fsp3) is 0.417. The van der Waals surface area contributed by atoms with Gasteiger partial charge in [-0.2, -0.15) is 0 Å². The van der Waals surface area contributed by atoms with E-state index in [-0.39, 0.29) is 23.4 Å². The molecular formula is C12H14FN3O4. The van der Waals surface area contributed by atoms with Gasteiger partial charge in [0.15, 0.2) is 5.82 Å². The Morgan fingerprint density at radius 3 is 2.75 bits per heavy atom. The third kappa shape index (κ3) is 2.69. The molecule has 7 nitrogen and oxygen atoms in total. The van der Waals surface area contributed by atoms with E-state index >= 15 is 0 Å². The first-order valence-electron chi connectivity index (χ1n) is 5.99. The molecule has 0 saturated heterocycles. The van der Waals surface area contributed by atoms with Crippen LogP contribution in [-0.2, 0) is 4.74 Å². The molecule has 2 rings (SSSR count). The van der Waals surface area contributed by atoms with E-state index in [1.807, 2.05) is 0 Å². The lowest BCUT2D eigenvalue weighted by Gasteiger charge is -2.34. The smallest absolute Gasteiger partial charge is 0.285 e. The normalized spacial score (nSPS) is 21.1. The number of nitro groups is 1. The lowest BCUT2D eigenvalue weighted by molar-refractivity contribution is -0.385. The van der Waals surface area contributed by atoms with Crippen LogP contribution in [0, 0.1) is 15.9 Å². The Kier molecular flexibility index (Phi) is 3.84. The van der Waals surface area contributed by atoms with Gasteiger partial charge in [0, 0.05) is 13.2 Å². The summed E-state index contributed by atoms with van der Waals surface area (Å²) in [5, 5.41) is 13.5. The molecule has 20 heavy (non-hydrogen) atoms. The van der Waals surface area contributed by atoms with Gasteiger partial charge in [0.2, 0.25) is 0 Å². The van der Waals surface area contributed by atoms with Crippen molar-refractivity contribution in [3.8, 4) is 0 Å². The maximum absolute atomic E-state index is 13.2. The highest BCUT2D eigenvalue weighted by molar-refractivity contribution is 5.99. The van der Waals surface area contributed by atoms with Crippen LogP contribution in [0.2, 0.25) is 0 Å². The highest BCUT2D eigenvalue weighted by atomic mass is 19.1. The Hall–Kier alpha value is -2.22. The third-order valence-electron chi connectivity index (χ3n) is 3.32. The number of rotatable bonds is 4. The maximum atomic E-state index is 13.2. The van der Waals surface area contributed by atoms with E-state index in [9.17, 15) is 19.3 Å². The lowest BCUT2D eigenvalue weighted by atomic mass is 9.89. The van der Waals surface area contributed by atoms with Gasteiger partial charge >= 0.3 is 0 Å². The zero-order valence-corrected chi connectivity index (χ0v) is 10.8. The molecule has 8 heteroatoms. The van der Waals surface area contributed by atoms with Gasteiger partial charge in [0.1, 0.15) is 5.56 Å². The van der Waals surface area contributed by atoms with Crippen LogP contribution in [0.4, 0.5) is 15.8 Å². The Labute approximate surface area is 114 Å². The molecule has 0 atom stereocenters. The zero-order chi connectivity index (χ0) is 14.9. The molecule has 1 aliphatic carbocycles. The molecular weight excluding hydrogens is 269 g/mol. The van der Waals surface area contributed by atoms with Crippen LogP contribution in [0.1, 0.15) is 23.2 Å². The van der Waals surface area contributed by atoms with Gasteiger partial charge in [0.05, 0.1) is 22.8 Å². The maximum Gasteiger partial charge on any atom is 0.285 e. The highest BCUT2D eigenvalue weighted by Gasteiger charge is 2.32. The van der Waals surface area contributed by atoms with Crippen molar-refractivity contribution in [2.45, 2.75) is 25.0 Å². The first-order chi connectivity index (χ1) is 9.42. The van der Waals surface area contributed by atoms with Gasteiger partial charge in [-0.05, 0) is 18.9 Å². The molecule has 1 saturated carbocycles. The summed E-state index contributed by atoms with van der Waals surface area (Å²) >= 11 is 0. The Balaban J connectivity index is 2.17. The summed E-state index contributed by atoms with van der Waals surface area (Å²) < 4.78 is 18.3. The van der Waals surface area contributed by atoms with Crippen LogP contribution in [0.15, 0.2) is 12.1 Å². The number of amides is 1. The van der Waals surface area contributed by atoms with Crippen molar-refractivity contribution in [2.24, 2.45) is 0 Å². The predicted octanol–water partition coefficient (Wildman–Crippen LogP) is 1.22. The van der Waals surface area contributed by atoms with Crippen LogP contribution in [0.3, 0.4) is 0 Å². The second-order valence-corrected chi connectivity index (χ2v) is 4.65. The summed E-state index contributed by atoms with van der Waals surface area (Å²) in [6, 6.07) is 1.54. The second-order valence-electron chi connectivity index (χ2n) is 4.65. The van der Waals surface area contributed by atoms with E-state index < -0.39 is 22.3 Å². The average Bonchev–Trinajstić information content (AvgIpc) is 2.35. The van der Waals surface area contributed by atoms with Crippen molar-refractivity contribution in [1.29, 1.82) is 0 Å². The number of nitrogens with one attached hydrogen (secondary N) is 1. The number of hydrogen-bond donors (Lipinski definition) is 2. The summed E-state index contributed by atoms with van der Waals surface area (Å²) in [6.07, 6.45) is 1.38. The monoisotopic (exact) mass is 283 g/mol. The van der Waals surface area contributed by atoms with Gasteiger partial charge in [0.25, 0.3) is 11.6 Å². The quantitative estimate of drug-likeness (QED) is 0.491. The van der Waals surface area contributed by atoms with Crippen molar-refractivity contribution in [3.05, 3.63) is 33.6 Å². The van der Waals surface area contributed by atoms with E-state index in [0.717, 1.165) is 6.07 Å². The number of nitrogens with zero attached hydrogens (tertiary/aromatic N) is 1. The standard InChI is InChI=1S/C12H14FN3O4/c1-20-7-2-6(3-7)15-12(17)8-4-10(14)9(13)5-11(8)16(18)19/h4-7H,2-3,14H2,1H3,(H,15,17). The Bertz CT molecular complexity index is 558. The second kappa shape index (κ2) is 5.41. The highest BCUT2D eigenvalue weighted by Crippen LogP contribution is 2.26. The molecule has 0 unspecified atom stereocenters. The number of anilines is 1. The molecule has 1 amide bonds. The van der Waals surface area contributed by atoms with Gasteiger partial charge in [-0.3, -0.25) is 14.9 Å². The molecule has 0 aromatic heterocycles. The van der Waals surface area contributed by atoms with Gasteiger partial charge in [-0.1, -0.05) is 0 Å². The fourth-order valence-electron chi connectivity index (χ4n) is 2.05. The molecule has 1 aliphatic rings. The van der Waals surface area contributed by atoms with Crippen molar-refractivity contribution >= 4 is 17.3 Å². The Morgan fingerprint density at radius 1 is 1.55 bits per heavy atom. The Morgan fingerprint density at radius 2 is 2.20 bits per heavy atom. The van der Waals surface area contributed by atoms with E-state index in [2.05, 4.69) is 5.32 Å². The molecule has 1 fully saturated rings. The number of halogens is 1. The van der Waals surface area contributed by atoms with E-state index in [0.29, 0.717) is 18.9 Å². The van der Waals surface area contributed by atoms with Crippen LogP contribution < -0.4 is 11.1 Å². The molecule has 0 radical (unpaired) electrons. The number of nitro benzene ring substituents is 1. The van der Waals surface area contributed by atoms with Crippen molar-refractivity contribution in [2.75, 3.05) is 12.8 Å². The molecule has 0 heterocycles. The number of benzene rings is 1. The minimum absolute atomic E-state index is 0.0913. The minimum atomic E-state index is -0.920. The summed E-state index contributed by atoms with van der Waals surface area (Å²) in [6.45, 7) is 0. The zero-order valence-electron chi connectivity index (χ0n) is 10.8. The topological polar surface area (TPSA) is 107 Å². The van der Waals surface area contributed by atoms with Crippen LogP contribution >= 0.6 is 0 Å². The van der Waals surface area contributed by atoms with E-state index in [4.69, 9.17) is 10.5 Å². The predicted molar refractivity (Wildman–Crippen MR) is 68.8 cm³/mol. The summed E-state index contributed by atoms with van der Waals surface area (Å²) in [5.41, 5.74) is 4.21. The van der Waals surface area contributed by atoms with Gasteiger partial charge < -0.3 is 15.8 Å². The minimum Gasteiger partial charge on any atom is -0.396 e. The number of ether oxygens (including phenoxy) is 1. The van der Waals surface area contributed by atoms with E-state index in [1.54, 1.807) is 7.11 Å². The third-order valence-corrected chi connectivity index (χ3v) is 3.32. The number of nitrogen functional groups attached to an aromatic ring is 1. The summed E-state index contributed by atoms with van der Waals surface area (Å²) in [5.74, 6) is -1.56. The average molecular weight is 283 g/mol. The summed E-state index contributed by atoms with van der Waals surface area (Å²) in [4.78, 5) is 22.0. The van der Waals surface area contributed by atoms with E-state index in [1.165, 1.54) is 0 Å². The molecule has 0 bridgehead atoms. The number of nitrogens with two attached hydrogens (primary N) is 1. The molecule has 1 aromatic carbocycles. The van der Waals surface area contributed by atoms with Crippen LogP contribution in [0.5, 0.6) is 0 Å².